The van der Waals surface area contributed by atoms with Crippen molar-refractivity contribution in [1.29, 1.82) is 0 Å². The lowest BCUT2D eigenvalue weighted by atomic mass is 10.0. The van der Waals surface area contributed by atoms with Crippen molar-refractivity contribution < 1.29 is 13.5 Å². The lowest BCUT2D eigenvalue weighted by Gasteiger charge is -2.17. The molecule has 6 heteroatoms. The SMILES string of the molecule is Cc1ccc(S(=O)(=O)Nc2ccccc2C(O)c2ccc(Cl)cc2)cc1. The third kappa shape index (κ3) is 4.07. The van der Waals surface area contributed by atoms with E-state index in [4.69, 9.17) is 11.6 Å². The predicted molar refractivity (Wildman–Crippen MR) is 104 cm³/mol. The van der Waals surface area contributed by atoms with Crippen molar-refractivity contribution in [3.63, 3.8) is 0 Å². The lowest BCUT2D eigenvalue weighted by Crippen LogP contribution is -2.15. The minimum Gasteiger partial charge on any atom is -0.384 e. The van der Waals surface area contributed by atoms with Gasteiger partial charge in [0.1, 0.15) is 6.10 Å². The fourth-order valence-corrected chi connectivity index (χ4v) is 3.79. The number of hydrogen-bond acceptors (Lipinski definition) is 3. The zero-order valence-electron chi connectivity index (χ0n) is 14.1. The normalized spacial score (nSPS) is 12.6. The van der Waals surface area contributed by atoms with Crippen LogP contribution in [0.15, 0.2) is 77.7 Å². The molecule has 0 radical (unpaired) electrons. The zero-order chi connectivity index (χ0) is 18.7. The van der Waals surface area contributed by atoms with Crippen molar-refractivity contribution in [2.45, 2.75) is 17.9 Å². The Balaban J connectivity index is 1.94. The van der Waals surface area contributed by atoms with Gasteiger partial charge in [-0.1, -0.05) is 59.6 Å². The van der Waals surface area contributed by atoms with Crippen LogP contribution in [0.5, 0.6) is 0 Å². The van der Waals surface area contributed by atoms with E-state index in [2.05, 4.69) is 4.72 Å². The molecule has 0 saturated carbocycles. The highest BCUT2D eigenvalue weighted by Crippen LogP contribution is 2.30. The molecule has 2 N–H and O–H groups in total. The number of anilines is 1. The van der Waals surface area contributed by atoms with Crippen molar-refractivity contribution >= 4 is 27.3 Å². The Labute approximate surface area is 158 Å². The molecule has 0 saturated heterocycles. The van der Waals surface area contributed by atoms with Gasteiger partial charge in [0, 0.05) is 10.6 Å². The molecule has 0 bridgehead atoms. The zero-order valence-corrected chi connectivity index (χ0v) is 15.6. The second kappa shape index (κ2) is 7.50. The Morgan fingerprint density at radius 1 is 0.923 bits per heavy atom. The average Bonchev–Trinajstić information content (AvgIpc) is 2.62. The number of sulfonamides is 1. The minimum absolute atomic E-state index is 0.166. The van der Waals surface area contributed by atoms with Crippen LogP contribution >= 0.6 is 11.6 Å². The first-order valence-corrected chi connectivity index (χ1v) is 9.85. The van der Waals surface area contributed by atoms with E-state index in [0.29, 0.717) is 21.8 Å². The highest BCUT2D eigenvalue weighted by atomic mass is 35.5. The maximum atomic E-state index is 12.7. The summed E-state index contributed by atoms with van der Waals surface area (Å²) in [5.74, 6) is 0. The summed E-state index contributed by atoms with van der Waals surface area (Å²) in [6.07, 6.45) is -0.982. The van der Waals surface area contributed by atoms with Gasteiger partial charge in [0.25, 0.3) is 10.0 Å². The molecule has 3 rings (SSSR count). The lowest BCUT2D eigenvalue weighted by molar-refractivity contribution is 0.221. The molecule has 0 aliphatic carbocycles. The Morgan fingerprint density at radius 3 is 2.19 bits per heavy atom. The van der Waals surface area contributed by atoms with Gasteiger partial charge >= 0.3 is 0 Å². The summed E-state index contributed by atoms with van der Waals surface area (Å²) in [6.45, 7) is 1.89. The molecule has 3 aromatic rings. The van der Waals surface area contributed by atoms with Crippen LogP contribution < -0.4 is 4.72 Å². The summed E-state index contributed by atoms with van der Waals surface area (Å²) in [5.41, 5.74) is 2.39. The Hall–Kier alpha value is -2.34. The van der Waals surface area contributed by atoms with E-state index < -0.39 is 16.1 Å². The molecule has 0 fully saturated rings. The van der Waals surface area contributed by atoms with E-state index in [1.54, 1.807) is 72.8 Å². The topological polar surface area (TPSA) is 66.4 Å². The Kier molecular flexibility index (Phi) is 5.32. The standard InChI is InChI=1S/C20H18ClNO3S/c1-14-6-12-17(13-7-14)26(24,25)22-19-5-3-2-4-18(19)20(23)15-8-10-16(21)11-9-15/h2-13,20,22-23H,1H3. The largest absolute Gasteiger partial charge is 0.384 e. The molecule has 1 atom stereocenters. The highest BCUT2D eigenvalue weighted by Gasteiger charge is 2.19. The van der Waals surface area contributed by atoms with Crippen LogP contribution in [0.2, 0.25) is 5.02 Å². The first kappa shape index (κ1) is 18.5. The van der Waals surface area contributed by atoms with Gasteiger partial charge in [-0.25, -0.2) is 8.42 Å². The monoisotopic (exact) mass is 387 g/mol. The minimum atomic E-state index is -3.76. The van der Waals surface area contributed by atoms with Crippen LogP contribution in [0, 0.1) is 6.92 Å². The van der Waals surface area contributed by atoms with Gasteiger partial charge < -0.3 is 5.11 Å². The van der Waals surface area contributed by atoms with Crippen molar-refractivity contribution in [2.75, 3.05) is 4.72 Å². The molecule has 0 heterocycles. The van der Waals surface area contributed by atoms with E-state index >= 15 is 0 Å². The van der Waals surface area contributed by atoms with Crippen molar-refractivity contribution in [1.82, 2.24) is 0 Å². The van der Waals surface area contributed by atoms with E-state index in [1.807, 2.05) is 6.92 Å². The summed E-state index contributed by atoms with van der Waals surface area (Å²) >= 11 is 5.89. The van der Waals surface area contributed by atoms with Crippen LogP contribution in [0.25, 0.3) is 0 Å². The first-order chi connectivity index (χ1) is 12.4. The molecular formula is C20H18ClNO3S. The van der Waals surface area contributed by atoms with Crippen LogP contribution in [0.1, 0.15) is 22.8 Å². The van der Waals surface area contributed by atoms with Gasteiger partial charge in [-0.3, -0.25) is 4.72 Å². The molecule has 3 aromatic carbocycles. The Morgan fingerprint density at radius 2 is 1.54 bits per heavy atom. The third-order valence-corrected chi connectivity index (χ3v) is 5.65. The summed E-state index contributed by atoms with van der Waals surface area (Å²) in [6, 6.07) is 20.1. The smallest absolute Gasteiger partial charge is 0.261 e. The predicted octanol–water partition coefficient (Wildman–Crippen LogP) is 4.53. The third-order valence-electron chi connectivity index (χ3n) is 4.02. The number of rotatable bonds is 5. The van der Waals surface area contributed by atoms with Gasteiger partial charge in [-0.15, -0.1) is 0 Å². The highest BCUT2D eigenvalue weighted by molar-refractivity contribution is 7.92. The molecule has 4 nitrogen and oxygen atoms in total. The van der Waals surface area contributed by atoms with E-state index in [-0.39, 0.29) is 4.90 Å². The molecule has 0 spiro atoms. The summed E-state index contributed by atoms with van der Waals surface area (Å²) in [7, 11) is -3.76. The van der Waals surface area contributed by atoms with Gasteiger partial charge in [0.2, 0.25) is 0 Å². The summed E-state index contributed by atoms with van der Waals surface area (Å²) in [5, 5.41) is 11.3. The van der Waals surface area contributed by atoms with Gasteiger partial charge in [-0.05, 0) is 42.8 Å². The summed E-state index contributed by atoms with van der Waals surface area (Å²) in [4.78, 5) is 0.166. The number of aliphatic hydroxyl groups excluding tert-OH is 1. The van der Waals surface area contributed by atoms with Crippen molar-refractivity contribution in [3.8, 4) is 0 Å². The van der Waals surface area contributed by atoms with Crippen molar-refractivity contribution in [3.05, 3.63) is 94.5 Å². The maximum Gasteiger partial charge on any atom is 0.261 e. The second-order valence-electron chi connectivity index (χ2n) is 5.96. The fraction of sp³-hybridized carbons (Fsp3) is 0.100. The van der Waals surface area contributed by atoms with Gasteiger partial charge in [0.05, 0.1) is 10.6 Å². The van der Waals surface area contributed by atoms with Crippen LogP contribution in [-0.2, 0) is 10.0 Å². The molecular weight excluding hydrogens is 370 g/mol. The number of benzene rings is 3. The van der Waals surface area contributed by atoms with Gasteiger partial charge in [-0.2, -0.15) is 0 Å². The van der Waals surface area contributed by atoms with Crippen LogP contribution in [0.3, 0.4) is 0 Å². The van der Waals surface area contributed by atoms with Crippen LogP contribution in [-0.4, -0.2) is 13.5 Å². The molecule has 0 aromatic heterocycles. The van der Waals surface area contributed by atoms with E-state index in [9.17, 15) is 13.5 Å². The number of nitrogens with one attached hydrogen (secondary N) is 1. The number of para-hydroxylation sites is 1. The second-order valence-corrected chi connectivity index (χ2v) is 8.08. The van der Waals surface area contributed by atoms with Crippen molar-refractivity contribution in [2.24, 2.45) is 0 Å². The quantitative estimate of drug-likeness (QED) is 0.675. The molecule has 134 valence electrons. The van der Waals surface area contributed by atoms with Gasteiger partial charge in [0.15, 0.2) is 0 Å². The molecule has 0 aliphatic heterocycles. The fourth-order valence-electron chi connectivity index (χ4n) is 2.57. The van der Waals surface area contributed by atoms with E-state index in [0.717, 1.165) is 5.56 Å². The average molecular weight is 388 g/mol. The Bertz CT molecular complexity index is 1000. The van der Waals surface area contributed by atoms with E-state index in [1.165, 1.54) is 0 Å². The number of aryl methyl sites for hydroxylation is 1. The summed E-state index contributed by atoms with van der Waals surface area (Å²) < 4.78 is 27.9. The molecule has 26 heavy (non-hydrogen) atoms. The molecule has 0 amide bonds. The number of hydrogen-bond donors (Lipinski definition) is 2. The maximum absolute atomic E-state index is 12.7. The molecule has 1 unspecified atom stereocenters. The molecule has 0 aliphatic rings. The number of halogens is 1. The first-order valence-electron chi connectivity index (χ1n) is 7.99. The number of aliphatic hydroxyl groups is 1. The van der Waals surface area contributed by atoms with Crippen LogP contribution in [0.4, 0.5) is 5.69 Å².